The van der Waals surface area contributed by atoms with Crippen LogP contribution >= 0.6 is 0 Å². The monoisotopic (exact) mass is 402 g/mol. The molecule has 6 atom stereocenters. The summed E-state index contributed by atoms with van der Waals surface area (Å²) in [6.07, 6.45) is 1.72. The molecule has 0 radical (unpaired) electrons. The second kappa shape index (κ2) is 7.28. The van der Waals surface area contributed by atoms with Gasteiger partial charge in [0, 0.05) is 24.8 Å². The predicted octanol–water partition coefficient (Wildman–Crippen LogP) is 2.45. The SMILES string of the molecule is C=C1C[C@H](OC(C)=O)[C@@H]2[C@H](OC(=O)[C@]2(C)OC(=O)/C(C)=C\C)[C@H]2C(C)=CC(=O)C12. The van der Waals surface area contributed by atoms with E-state index in [-0.39, 0.29) is 12.2 Å². The number of rotatable bonds is 3. The van der Waals surface area contributed by atoms with Crippen LogP contribution in [0.4, 0.5) is 0 Å². The molecule has 1 saturated heterocycles. The van der Waals surface area contributed by atoms with Crippen LogP contribution in [0.25, 0.3) is 0 Å². The quantitative estimate of drug-likeness (QED) is 0.310. The lowest BCUT2D eigenvalue weighted by atomic mass is 9.76. The van der Waals surface area contributed by atoms with E-state index in [1.54, 1.807) is 32.9 Å². The van der Waals surface area contributed by atoms with Crippen LogP contribution in [0.1, 0.15) is 41.0 Å². The van der Waals surface area contributed by atoms with Gasteiger partial charge in [-0.25, -0.2) is 9.59 Å². The molecular weight excluding hydrogens is 376 g/mol. The Hall–Kier alpha value is -2.70. The number of allylic oxidation sites excluding steroid dienone is 2. The minimum atomic E-state index is -1.66. The molecule has 1 saturated carbocycles. The van der Waals surface area contributed by atoms with E-state index in [0.717, 1.165) is 5.57 Å². The van der Waals surface area contributed by atoms with E-state index in [0.29, 0.717) is 11.1 Å². The molecule has 0 bridgehead atoms. The standard InChI is InChI=1S/C22H26O7/c1-7-10(2)20(25)29-22(6)18-15(27-13(5)23)9-12(4)16-14(24)8-11(3)17(16)19(18)28-21(22)26/h7-8,15-19H,4,9H2,1-3,5-6H3/b10-7-/t15-,16?,17-,18+,19+,22+/m0/s1. The first kappa shape index (κ1) is 21.0. The van der Waals surface area contributed by atoms with Crippen LogP contribution in [0.3, 0.4) is 0 Å². The van der Waals surface area contributed by atoms with Crippen molar-refractivity contribution in [3.63, 3.8) is 0 Å². The Labute approximate surface area is 169 Å². The molecule has 1 aliphatic heterocycles. The third-order valence-corrected chi connectivity index (χ3v) is 6.23. The molecule has 29 heavy (non-hydrogen) atoms. The molecule has 0 N–H and O–H groups in total. The lowest BCUT2D eigenvalue weighted by Gasteiger charge is -2.34. The molecule has 7 heteroatoms. The smallest absolute Gasteiger partial charge is 0.351 e. The normalized spacial score (nSPS) is 36.6. The van der Waals surface area contributed by atoms with Gasteiger partial charge in [-0.2, -0.15) is 0 Å². The number of fused-ring (bicyclic) bond motifs is 3. The van der Waals surface area contributed by atoms with Gasteiger partial charge in [0.25, 0.3) is 0 Å². The third kappa shape index (κ3) is 3.32. The molecule has 2 aliphatic carbocycles. The molecule has 1 heterocycles. The Kier molecular flexibility index (Phi) is 5.28. The first-order valence-electron chi connectivity index (χ1n) is 9.65. The van der Waals surface area contributed by atoms with Gasteiger partial charge in [-0.3, -0.25) is 9.59 Å². The molecule has 0 aromatic heterocycles. The molecule has 0 amide bonds. The second-order valence-electron chi connectivity index (χ2n) is 8.17. The number of esters is 3. The highest BCUT2D eigenvalue weighted by Gasteiger charge is 2.66. The number of hydrogen-bond donors (Lipinski definition) is 0. The summed E-state index contributed by atoms with van der Waals surface area (Å²) in [5.74, 6) is -3.74. The summed E-state index contributed by atoms with van der Waals surface area (Å²) in [5.41, 5.74) is 0.0676. The van der Waals surface area contributed by atoms with Gasteiger partial charge in [-0.15, -0.1) is 0 Å². The maximum atomic E-state index is 12.9. The van der Waals surface area contributed by atoms with Crippen LogP contribution in [-0.2, 0) is 33.4 Å². The number of ether oxygens (including phenoxy) is 3. The van der Waals surface area contributed by atoms with Crippen molar-refractivity contribution < 1.29 is 33.4 Å². The van der Waals surface area contributed by atoms with Crippen LogP contribution in [0.15, 0.2) is 35.5 Å². The van der Waals surface area contributed by atoms with E-state index in [2.05, 4.69) is 6.58 Å². The molecule has 1 unspecified atom stereocenters. The average Bonchev–Trinajstić information content (AvgIpc) is 3.00. The first-order valence-corrected chi connectivity index (χ1v) is 9.65. The zero-order valence-corrected chi connectivity index (χ0v) is 17.3. The lowest BCUT2D eigenvalue weighted by Crippen LogP contribution is -2.50. The second-order valence-corrected chi connectivity index (χ2v) is 8.17. The molecule has 3 rings (SSSR count). The summed E-state index contributed by atoms with van der Waals surface area (Å²) in [5, 5.41) is 0. The molecule has 156 valence electrons. The summed E-state index contributed by atoms with van der Waals surface area (Å²) in [6.45, 7) is 11.9. The summed E-state index contributed by atoms with van der Waals surface area (Å²) < 4.78 is 16.9. The Morgan fingerprint density at radius 3 is 2.55 bits per heavy atom. The van der Waals surface area contributed by atoms with E-state index in [9.17, 15) is 19.2 Å². The van der Waals surface area contributed by atoms with Crippen molar-refractivity contribution in [3.8, 4) is 0 Å². The van der Waals surface area contributed by atoms with E-state index in [1.807, 2.05) is 0 Å². The van der Waals surface area contributed by atoms with Crippen molar-refractivity contribution in [1.82, 2.24) is 0 Å². The Bertz CT molecular complexity index is 864. The first-order chi connectivity index (χ1) is 13.5. The number of hydrogen-bond acceptors (Lipinski definition) is 7. The van der Waals surface area contributed by atoms with Crippen LogP contribution in [0.5, 0.6) is 0 Å². The number of ketones is 1. The van der Waals surface area contributed by atoms with Crippen molar-refractivity contribution in [2.24, 2.45) is 17.8 Å². The van der Waals surface area contributed by atoms with Crippen molar-refractivity contribution in [1.29, 1.82) is 0 Å². The van der Waals surface area contributed by atoms with Gasteiger partial charge in [-0.1, -0.05) is 23.8 Å². The number of carbonyl (C=O) groups excluding carboxylic acids is 4. The van der Waals surface area contributed by atoms with Gasteiger partial charge < -0.3 is 14.2 Å². The molecule has 0 spiro atoms. The van der Waals surface area contributed by atoms with Crippen LogP contribution in [0.2, 0.25) is 0 Å². The van der Waals surface area contributed by atoms with Crippen molar-refractivity contribution >= 4 is 23.7 Å². The van der Waals surface area contributed by atoms with E-state index >= 15 is 0 Å². The summed E-state index contributed by atoms with van der Waals surface area (Å²) in [4.78, 5) is 49.8. The van der Waals surface area contributed by atoms with Gasteiger partial charge in [0.1, 0.15) is 12.2 Å². The van der Waals surface area contributed by atoms with E-state index < -0.39 is 53.5 Å². The fraction of sp³-hybridized carbons (Fsp3) is 0.545. The minimum absolute atomic E-state index is 0.105. The Morgan fingerprint density at radius 2 is 1.97 bits per heavy atom. The van der Waals surface area contributed by atoms with E-state index in [1.165, 1.54) is 13.8 Å². The largest absolute Gasteiger partial charge is 0.462 e. The molecule has 0 aromatic rings. The average molecular weight is 402 g/mol. The summed E-state index contributed by atoms with van der Waals surface area (Å²) in [7, 11) is 0. The Balaban J connectivity index is 2.10. The van der Waals surface area contributed by atoms with Crippen LogP contribution in [0, 0.1) is 17.8 Å². The minimum Gasteiger partial charge on any atom is -0.462 e. The summed E-state index contributed by atoms with van der Waals surface area (Å²) in [6, 6.07) is 0. The van der Waals surface area contributed by atoms with Gasteiger partial charge in [0.2, 0.25) is 5.60 Å². The van der Waals surface area contributed by atoms with Gasteiger partial charge in [-0.05, 0) is 33.8 Å². The Morgan fingerprint density at radius 1 is 1.31 bits per heavy atom. The molecule has 0 aromatic carbocycles. The highest BCUT2D eigenvalue weighted by atomic mass is 16.6. The van der Waals surface area contributed by atoms with Gasteiger partial charge >= 0.3 is 17.9 Å². The van der Waals surface area contributed by atoms with Crippen molar-refractivity contribution in [2.45, 2.75) is 58.8 Å². The van der Waals surface area contributed by atoms with E-state index in [4.69, 9.17) is 14.2 Å². The molecule has 7 nitrogen and oxygen atoms in total. The topological polar surface area (TPSA) is 96.0 Å². The fourth-order valence-electron chi connectivity index (χ4n) is 4.72. The fourth-order valence-corrected chi connectivity index (χ4v) is 4.72. The maximum Gasteiger partial charge on any atom is 0.351 e. The van der Waals surface area contributed by atoms with Gasteiger partial charge in [0.15, 0.2) is 5.78 Å². The lowest BCUT2D eigenvalue weighted by molar-refractivity contribution is -0.175. The van der Waals surface area contributed by atoms with Crippen molar-refractivity contribution in [2.75, 3.05) is 0 Å². The van der Waals surface area contributed by atoms with Crippen LogP contribution < -0.4 is 0 Å². The predicted molar refractivity (Wildman–Crippen MR) is 102 cm³/mol. The molecule has 2 fully saturated rings. The third-order valence-electron chi connectivity index (χ3n) is 6.23. The maximum absolute atomic E-state index is 12.9. The number of carbonyl (C=O) groups is 4. The van der Waals surface area contributed by atoms with Gasteiger partial charge in [0.05, 0.1) is 11.8 Å². The van der Waals surface area contributed by atoms with Crippen molar-refractivity contribution in [3.05, 3.63) is 35.5 Å². The van der Waals surface area contributed by atoms with Crippen LogP contribution in [-0.4, -0.2) is 41.5 Å². The zero-order chi connectivity index (χ0) is 21.7. The zero-order valence-electron chi connectivity index (χ0n) is 17.3. The highest BCUT2D eigenvalue weighted by molar-refractivity contribution is 5.98. The molecule has 3 aliphatic rings. The molecular formula is C22H26O7. The summed E-state index contributed by atoms with van der Waals surface area (Å²) >= 11 is 0. The highest BCUT2D eigenvalue weighted by Crippen LogP contribution is 2.52.